The van der Waals surface area contributed by atoms with E-state index >= 15 is 0 Å². The number of imidazole rings is 1. The first kappa shape index (κ1) is 32.0. The Labute approximate surface area is 271 Å². The molecule has 46 heavy (non-hydrogen) atoms. The van der Waals surface area contributed by atoms with E-state index in [1.165, 1.54) is 0 Å². The van der Waals surface area contributed by atoms with Gasteiger partial charge in [-0.05, 0) is 67.6 Å². The second-order valence-corrected chi connectivity index (χ2v) is 12.5. The molecule has 3 aromatic carbocycles. The van der Waals surface area contributed by atoms with Crippen molar-refractivity contribution in [2.24, 2.45) is 7.05 Å². The van der Waals surface area contributed by atoms with Gasteiger partial charge in [0.15, 0.2) is 0 Å². The summed E-state index contributed by atoms with van der Waals surface area (Å²) in [5, 5.41) is 9.48. The molecule has 2 aliphatic rings. The normalized spacial score (nSPS) is 17.8. The third kappa shape index (κ3) is 7.22. The van der Waals surface area contributed by atoms with Crippen LogP contribution in [0.4, 0.5) is 0 Å². The Hall–Kier alpha value is -3.92. The van der Waals surface area contributed by atoms with Gasteiger partial charge in [0.1, 0.15) is 17.3 Å². The number of piperidine rings is 1. The van der Waals surface area contributed by atoms with Crippen LogP contribution in [-0.2, 0) is 23.1 Å². The summed E-state index contributed by atoms with van der Waals surface area (Å²) < 4.78 is 19.6. The van der Waals surface area contributed by atoms with Crippen LogP contribution in [0.15, 0.2) is 54.6 Å². The summed E-state index contributed by atoms with van der Waals surface area (Å²) in [5.41, 5.74) is 7.44. The van der Waals surface area contributed by atoms with Crippen LogP contribution in [0.2, 0.25) is 0 Å². The lowest BCUT2D eigenvalue weighted by Gasteiger charge is -2.35. The number of carbonyl (C=O) groups is 1. The van der Waals surface area contributed by atoms with Gasteiger partial charge in [-0.3, -0.25) is 14.6 Å². The lowest BCUT2D eigenvalue weighted by molar-refractivity contribution is -0.138. The maximum absolute atomic E-state index is 11.5. The number of hydrogen-bond acceptors (Lipinski definition) is 7. The highest BCUT2D eigenvalue weighted by atomic mass is 16.5. The number of morpholine rings is 1. The maximum Gasteiger partial charge on any atom is 0.304 e. The Bertz CT molecular complexity index is 1660. The standard InChI is InChI=1S/C37H46N4O5/c1-26-31(27-9-6-11-30(21-27)46-18-8-14-40-16-19-45-20-17-40)12-7-13-32(26)37-38-33-24-35(44-3)28(22-34(33)39(37)2)25-41-15-5-4-10-29(41)23-36(42)43/h6-7,9,11-13,21-22,24,29H,4-5,8,10,14-20,23,25H2,1-3H3,(H,42,43). The van der Waals surface area contributed by atoms with E-state index in [9.17, 15) is 9.90 Å². The third-order valence-electron chi connectivity index (χ3n) is 9.53. The zero-order valence-electron chi connectivity index (χ0n) is 27.3. The largest absolute Gasteiger partial charge is 0.496 e. The van der Waals surface area contributed by atoms with Crippen molar-refractivity contribution in [1.29, 1.82) is 0 Å². The molecule has 9 nitrogen and oxygen atoms in total. The van der Waals surface area contributed by atoms with Gasteiger partial charge in [0.25, 0.3) is 0 Å². The van der Waals surface area contributed by atoms with E-state index in [2.05, 4.69) is 70.8 Å². The fraction of sp³-hybridized carbons (Fsp3) is 0.459. The maximum atomic E-state index is 11.5. The number of aromatic nitrogens is 2. The summed E-state index contributed by atoms with van der Waals surface area (Å²) in [5.74, 6) is 1.81. The molecule has 6 rings (SSSR count). The monoisotopic (exact) mass is 626 g/mol. The average molecular weight is 627 g/mol. The number of carboxylic acids is 1. The Balaban J connectivity index is 1.23. The Morgan fingerprint density at radius 2 is 1.85 bits per heavy atom. The number of rotatable bonds is 12. The number of aryl methyl sites for hydroxylation is 1. The van der Waals surface area contributed by atoms with Gasteiger partial charge in [0.05, 0.1) is 44.4 Å². The molecule has 0 bridgehead atoms. The van der Waals surface area contributed by atoms with Crippen LogP contribution in [0, 0.1) is 6.92 Å². The van der Waals surface area contributed by atoms with Crippen molar-refractivity contribution in [2.75, 3.05) is 53.1 Å². The minimum atomic E-state index is -0.744. The molecule has 0 amide bonds. The Kier molecular flexibility index (Phi) is 10.2. The lowest BCUT2D eigenvalue weighted by Crippen LogP contribution is -2.40. The number of likely N-dealkylation sites (tertiary alicyclic amines) is 1. The molecule has 2 aliphatic heterocycles. The fourth-order valence-corrected chi connectivity index (χ4v) is 6.98. The van der Waals surface area contributed by atoms with Crippen molar-refractivity contribution >= 4 is 17.0 Å². The molecule has 2 fully saturated rings. The van der Waals surface area contributed by atoms with E-state index in [4.69, 9.17) is 19.2 Å². The summed E-state index contributed by atoms with van der Waals surface area (Å²) in [6.07, 6.45) is 4.21. The zero-order chi connectivity index (χ0) is 32.0. The molecule has 0 aliphatic carbocycles. The predicted octanol–water partition coefficient (Wildman–Crippen LogP) is 6.15. The van der Waals surface area contributed by atoms with Crippen molar-refractivity contribution in [1.82, 2.24) is 19.4 Å². The van der Waals surface area contributed by atoms with Crippen LogP contribution in [0.3, 0.4) is 0 Å². The molecule has 0 saturated carbocycles. The Morgan fingerprint density at radius 3 is 2.65 bits per heavy atom. The average Bonchev–Trinajstić information content (AvgIpc) is 3.38. The topological polar surface area (TPSA) is 89.3 Å². The smallest absolute Gasteiger partial charge is 0.304 e. The molecule has 1 unspecified atom stereocenters. The molecule has 1 N–H and O–H groups in total. The highest BCUT2D eigenvalue weighted by Gasteiger charge is 2.26. The van der Waals surface area contributed by atoms with Crippen molar-refractivity contribution in [3.8, 4) is 34.0 Å². The second-order valence-electron chi connectivity index (χ2n) is 12.5. The molecule has 0 radical (unpaired) electrons. The Morgan fingerprint density at radius 1 is 1.04 bits per heavy atom. The van der Waals surface area contributed by atoms with Crippen molar-refractivity contribution in [3.05, 3.63) is 65.7 Å². The molecule has 1 aromatic heterocycles. The van der Waals surface area contributed by atoms with Gasteiger partial charge in [-0.15, -0.1) is 0 Å². The van der Waals surface area contributed by atoms with E-state index in [0.29, 0.717) is 13.2 Å². The second kappa shape index (κ2) is 14.7. The molecular formula is C37H46N4O5. The number of nitrogens with zero attached hydrogens (tertiary/aromatic N) is 4. The molecule has 2 saturated heterocycles. The summed E-state index contributed by atoms with van der Waals surface area (Å²) in [7, 11) is 3.75. The molecule has 0 spiro atoms. The van der Waals surface area contributed by atoms with E-state index in [1.54, 1.807) is 7.11 Å². The van der Waals surface area contributed by atoms with Crippen LogP contribution < -0.4 is 9.47 Å². The van der Waals surface area contributed by atoms with Gasteiger partial charge < -0.3 is 23.9 Å². The fourth-order valence-electron chi connectivity index (χ4n) is 6.98. The molecule has 9 heteroatoms. The van der Waals surface area contributed by atoms with Crippen molar-refractivity contribution in [3.63, 3.8) is 0 Å². The number of benzene rings is 3. The summed E-state index contributed by atoms with van der Waals surface area (Å²) in [6.45, 7) is 9.05. The van der Waals surface area contributed by atoms with Crippen LogP contribution in [0.25, 0.3) is 33.5 Å². The van der Waals surface area contributed by atoms with Gasteiger partial charge in [-0.25, -0.2) is 4.98 Å². The van der Waals surface area contributed by atoms with Crippen LogP contribution >= 0.6 is 0 Å². The van der Waals surface area contributed by atoms with E-state index in [0.717, 1.165) is 121 Å². The SMILES string of the molecule is COc1cc2nc(-c3cccc(-c4cccc(OCCCN5CCOCC5)c4)c3C)n(C)c2cc1CN1CCCCC1CC(=O)O. The summed E-state index contributed by atoms with van der Waals surface area (Å²) in [6, 6.07) is 19.0. The van der Waals surface area contributed by atoms with Crippen LogP contribution in [0.1, 0.15) is 43.2 Å². The number of hydrogen-bond donors (Lipinski definition) is 1. The summed E-state index contributed by atoms with van der Waals surface area (Å²) in [4.78, 5) is 21.4. The van der Waals surface area contributed by atoms with Gasteiger partial charge in [0, 0.05) is 56.5 Å². The van der Waals surface area contributed by atoms with Gasteiger partial charge in [0.2, 0.25) is 0 Å². The van der Waals surface area contributed by atoms with Crippen LogP contribution in [-0.4, -0.2) is 89.6 Å². The molecule has 1 atom stereocenters. The van der Waals surface area contributed by atoms with Gasteiger partial charge in [-0.1, -0.05) is 36.8 Å². The minimum absolute atomic E-state index is 0.0399. The first-order chi connectivity index (χ1) is 22.4. The van der Waals surface area contributed by atoms with Gasteiger partial charge >= 0.3 is 5.97 Å². The highest BCUT2D eigenvalue weighted by Crippen LogP contribution is 2.36. The number of fused-ring (bicyclic) bond motifs is 1. The van der Waals surface area contributed by atoms with Crippen molar-refractivity contribution < 1.29 is 24.1 Å². The highest BCUT2D eigenvalue weighted by molar-refractivity contribution is 5.85. The van der Waals surface area contributed by atoms with Gasteiger partial charge in [-0.2, -0.15) is 0 Å². The molecular weight excluding hydrogens is 580 g/mol. The summed E-state index contributed by atoms with van der Waals surface area (Å²) >= 11 is 0. The number of carboxylic acid groups (broad SMARTS) is 1. The molecule has 4 aromatic rings. The lowest BCUT2D eigenvalue weighted by atomic mass is 9.96. The van der Waals surface area contributed by atoms with E-state index < -0.39 is 5.97 Å². The first-order valence-electron chi connectivity index (χ1n) is 16.5. The predicted molar refractivity (Wildman–Crippen MR) is 181 cm³/mol. The quantitative estimate of drug-likeness (QED) is 0.187. The minimum Gasteiger partial charge on any atom is -0.496 e. The zero-order valence-corrected chi connectivity index (χ0v) is 27.3. The number of methoxy groups -OCH3 is 1. The molecule has 244 valence electrons. The number of ether oxygens (including phenoxy) is 3. The first-order valence-corrected chi connectivity index (χ1v) is 16.5. The molecule has 3 heterocycles. The van der Waals surface area contributed by atoms with Crippen LogP contribution in [0.5, 0.6) is 11.5 Å². The third-order valence-corrected chi connectivity index (χ3v) is 9.53. The van der Waals surface area contributed by atoms with E-state index in [-0.39, 0.29) is 12.5 Å². The number of aliphatic carboxylic acids is 1. The van der Waals surface area contributed by atoms with E-state index in [1.807, 2.05) is 12.1 Å². The van der Waals surface area contributed by atoms with Crippen molar-refractivity contribution in [2.45, 2.75) is 51.6 Å².